The molecule has 1 aromatic carbocycles. The third-order valence-corrected chi connectivity index (χ3v) is 5.17. The Morgan fingerprint density at radius 1 is 1.31 bits per heavy atom. The normalized spacial score (nSPS) is 18.3. The van der Waals surface area contributed by atoms with E-state index in [4.69, 9.17) is 20.9 Å². The lowest BCUT2D eigenvalue weighted by molar-refractivity contribution is 0.180. The second-order valence-electron chi connectivity index (χ2n) is 6.75. The SMILES string of the molecule is COc1ccc2cc(CN3CCC[C@H](c4nc(C)no4)C3)c(Cl)nc2c1. The van der Waals surface area contributed by atoms with Crippen molar-refractivity contribution in [3.8, 4) is 5.75 Å². The smallest absolute Gasteiger partial charge is 0.231 e. The maximum atomic E-state index is 6.46. The molecule has 0 radical (unpaired) electrons. The van der Waals surface area contributed by atoms with E-state index in [2.05, 4.69) is 26.1 Å². The van der Waals surface area contributed by atoms with E-state index in [1.165, 1.54) is 0 Å². The van der Waals surface area contributed by atoms with E-state index in [-0.39, 0.29) is 5.92 Å². The van der Waals surface area contributed by atoms with Crippen molar-refractivity contribution in [2.24, 2.45) is 0 Å². The number of hydrogen-bond acceptors (Lipinski definition) is 6. The average molecular weight is 373 g/mol. The first-order valence-electron chi connectivity index (χ1n) is 8.78. The predicted octanol–water partition coefficient (Wildman–Crippen LogP) is 3.97. The summed E-state index contributed by atoms with van der Waals surface area (Å²) in [6.07, 6.45) is 2.17. The molecule has 3 heterocycles. The summed E-state index contributed by atoms with van der Waals surface area (Å²) in [4.78, 5) is 11.3. The Bertz CT molecular complexity index is 927. The van der Waals surface area contributed by atoms with Crippen LogP contribution in [-0.2, 0) is 6.54 Å². The Labute approximate surface area is 157 Å². The summed E-state index contributed by atoms with van der Waals surface area (Å²) >= 11 is 6.46. The topological polar surface area (TPSA) is 64.3 Å². The van der Waals surface area contributed by atoms with Gasteiger partial charge in [-0.15, -0.1) is 0 Å². The molecule has 2 aromatic heterocycles. The van der Waals surface area contributed by atoms with Gasteiger partial charge in [-0.3, -0.25) is 4.90 Å². The number of aromatic nitrogens is 3. The van der Waals surface area contributed by atoms with Crippen molar-refractivity contribution in [3.63, 3.8) is 0 Å². The number of halogens is 1. The summed E-state index contributed by atoms with van der Waals surface area (Å²) in [7, 11) is 1.65. The summed E-state index contributed by atoms with van der Waals surface area (Å²) in [6, 6.07) is 7.97. The van der Waals surface area contributed by atoms with Crippen molar-refractivity contribution < 1.29 is 9.26 Å². The van der Waals surface area contributed by atoms with Crippen LogP contribution < -0.4 is 4.74 Å². The van der Waals surface area contributed by atoms with E-state index in [9.17, 15) is 0 Å². The Kier molecular flexibility index (Phi) is 4.78. The van der Waals surface area contributed by atoms with E-state index in [1.54, 1.807) is 7.11 Å². The first kappa shape index (κ1) is 17.2. The summed E-state index contributed by atoms with van der Waals surface area (Å²) < 4.78 is 10.6. The number of ether oxygens (including phenoxy) is 1. The van der Waals surface area contributed by atoms with Gasteiger partial charge in [-0.25, -0.2) is 4.98 Å². The van der Waals surface area contributed by atoms with Gasteiger partial charge in [-0.05, 0) is 44.5 Å². The van der Waals surface area contributed by atoms with Crippen molar-refractivity contribution in [3.05, 3.63) is 46.7 Å². The lowest BCUT2D eigenvalue weighted by Gasteiger charge is -2.31. The number of pyridine rings is 1. The first-order chi connectivity index (χ1) is 12.6. The van der Waals surface area contributed by atoms with Crippen LogP contribution in [0.4, 0.5) is 0 Å². The fourth-order valence-corrected chi connectivity index (χ4v) is 3.73. The largest absolute Gasteiger partial charge is 0.497 e. The minimum Gasteiger partial charge on any atom is -0.497 e. The van der Waals surface area contributed by atoms with Gasteiger partial charge in [0.15, 0.2) is 5.82 Å². The highest BCUT2D eigenvalue weighted by molar-refractivity contribution is 6.30. The summed E-state index contributed by atoms with van der Waals surface area (Å²) in [6.45, 7) is 4.53. The molecule has 3 aromatic rings. The Hall–Kier alpha value is -2.18. The van der Waals surface area contributed by atoms with Gasteiger partial charge in [0.2, 0.25) is 5.89 Å². The predicted molar refractivity (Wildman–Crippen MR) is 99.6 cm³/mol. The molecule has 136 valence electrons. The molecule has 1 aliphatic rings. The molecule has 0 aliphatic carbocycles. The lowest BCUT2D eigenvalue weighted by atomic mass is 9.97. The van der Waals surface area contributed by atoms with Gasteiger partial charge in [0, 0.05) is 30.1 Å². The zero-order chi connectivity index (χ0) is 18.1. The van der Waals surface area contributed by atoms with Gasteiger partial charge in [-0.2, -0.15) is 4.98 Å². The quantitative estimate of drug-likeness (QED) is 0.646. The Morgan fingerprint density at radius 3 is 2.96 bits per heavy atom. The van der Waals surface area contributed by atoms with Crippen molar-refractivity contribution >= 4 is 22.5 Å². The minimum atomic E-state index is 0.279. The van der Waals surface area contributed by atoms with Gasteiger partial charge >= 0.3 is 0 Å². The molecule has 0 spiro atoms. The third kappa shape index (κ3) is 3.52. The van der Waals surface area contributed by atoms with Gasteiger partial charge in [0.25, 0.3) is 0 Å². The molecule has 0 bridgehead atoms. The van der Waals surface area contributed by atoms with Gasteiger partial charge in [0.05, 0.1) is 18.5 Å². The van der Waals surface area contributed by atoms with Crippen LogP contribution in [0.5, 0.6) is 5.75 Å². The van der Waals surface area contributed by atoms with Gasteiger partial charge in [0.1, 0.15) is 10.9 Å². The zero-order valence-electron chi connectivity index (χ0n) is 14.9. The second kappa shape index (κ2) is 7.21. The monoisotopic (exact) mass is 372 g/mol. The standard InChI is InChI=1S/C19H21ClN4O2/c1-12-21-19(26-23-12)14-4-3-7-24(10-14)11-15-8-13-5-6-16(25-2)9-17(13)22-18(15)20/h5-6,8-9,14H,3-4,7,10-11H2,1-2H3/t14-/m0/s1. The molecule has 1 saturated heterocycles. The minimum absolute atomic E-state index is 0.279. The van der Waals surface area contributed by atoms with Gasteiger partial charge < -0.3 is 9.26 Å². The summed E-state index contributed by atoms with van der Waals surface area (Å²) in [5.74, 6) is 2.49. The molecule has 6 nitrogen and oxygen atoms in total. The molecule has 7 heteroatoms. The van der Waals surface area contributed by atoms with Crippen molar-refractivity contribution in [1.82, 2.24) is 20.0 Å². The lowest BCUT2D eigenvalue weighted by Crippen LogP contribution is -2.34. The molecule has 1 atom stereocenters. The van der Waals surface area contributed by atoms with Crippen LogP contribution in [0.15, 0.2) is 28.8 Å². The maximum Gasteiger partial charge on any atom is 0.231 e. The van der Waals surface area contributed by atoms with Crippen molar-refractivity contribution in [2.45, 2.75) is 32.2 Å². The Balaban J connectivity index is 1.53. The van der Waals surface area contributed by atoms with E-state index in [0.29, 0.717) is 11.0 Å². The van der Waals surface area contributed by atoms with Crippen LogP contribution in [0.1, 0.15) is 36.0 Å². The molecule has 1 fully saturated rings. The van der Waals surface area contributed by atoms with E-state index in [1.807, 2.05) is 25.1 Å². The molecule has 4 rings (SSSR count). The fourth-order valence-electron chi connectivity index (χ4n) is 3.53. The third-order valence-electron chi connectivity index (χ3n) is 4.84. The fraction of sp³-hybridized carbons (Fsp3) is 0.421. The zero-order valence-corrected chi connectivity index (χ0v) is 15.7. The van der Waals surface area contributed by atoms with E-state index in [0.717, 1.165) is 60.6 Å². The molecular weight excluding hydrogens is 352 g/mol. The van der Waals surface area contributed by atoms with Crippen molar-refractivity contribution in [1.29, 1.82) is 0 Å². The maximum absolute atomic E-state index is 6.46. The average Bonchev–Trinajstić information content (AvgIpc) is 3.09. The van der Waals surface area contributed by atoms with Crippen LogP contribution >= 0.6 is 11.6 Å². The van der Waals surface area contributed by atoms with E-state index >= 15 is 0 Å². The first-order valence-corrected chi connectivity index (χ1v) is 9.16. The highest BCUT2D eigenvalue weighted by atomic mass is 35.5. The highest BCUT2D eigenvalue weighted by Gasteiger charge is 2.26. The summed E-state index contributed by atoms with van der Waals surface area (Å²) in [5.41, 5.74) is 1.88. The number of fused-ring (bicyclic) bond motifs is 1. The van der Waals surface area contributed by atoms with Crippen LogP contribution in [0.2, 0.25) is 5.15 Å². The number of methoxy groups -OCH3 is 1. The molecule has 26 heavy (non-hydrogen) atoms. The molecule has 0 N–H and O–H groups in total. The number of piperidine rings is 1. The van der Waals surface area contributed by atoms with Crippen LogP contribution in [0.3, 0.4) is 0 Å². The van der Waals surface area contributed by atoms with Crippen LogP contribution in [0.25, 0.3) is 10.9 Å². The number of likely N-dealkylation sites (tertiary alicyclic amines) is 1. The Morgan fingerprint density at radius 2 is 2.19 bits per heavy atom. The van der Waals surface area contributed by atoms with Crippen LogP contribution in [0, 0.1) is 6.92 Å². The highest BCUT2D eigenvalue weighted by Crippen LogP contribution is 2.29. The van der Waals surface area contributed by atoms with Crippen molar-refractivity contribution in [2.75, 3.05) is 20.2 Å². The number of nitrogens with zero attached hydrogens (tertiary/aromatic N) is 4. The molecular formula is C19H21ClN4O2. The number of rotatable bonds is 4. The second-order valence-corrected chi connectivity index (χ2v) is 7.11. The van der Waals surface area contributed by atoms with Crippen LogP contribution in [-0.4, -0.2) is 40.2 Å². The molecule has 1 aliphatic heterocycles. The number of benzene rings is 1. The number of aryl methyl sites for hydroxylation is 1. The van der Waals surface area contributed by atoms with Gasteiger partial charge in [-0.1, -0.05) is 16.8 Å². The molecule has 0 unspecified atom stereocenters. The van der Waals surface area contributed by atoms with E-state index < -0.39 is 0 Å². The molecule has 0 amide bonds. The summed E-state index contributed by atoms with van der Waals surface area (Å²) in [5, 5.41) is 5.52. The number of hydrogen-bond donors (Lipinski definition) is 0. The molecule has 0 saturated carbocycles.